The Morgan fingerprint density at radius 1 is 1.00 bits per heavy atom. The molecule has 0 unspecified atom stereocenters. The molecule has 4 heteroatoms. The van der Waals surface area contributed by atoms with E-state index in [4.69, 9.17) is 10.7 Å². The van der Waals surface area contributed by atoms with Crippen molar-refractivity contribution in [2.24, 2.45) is 34.4 Å². The van der Waals surface area contributed by atoms with Crippen molar-refractivity contribution in [3.8, 4) is 0 Å². The molecule has 0 spiro atoms. The van der Waals surface area contributed by atoms with Crippen LogP contribution in [-0.2, 0) is 0 Å². The van der Waals surface area contributed by atoms with Gasteiger partial charge in [0.1, 0.15) is 0 Å². The second-order valence-corrected chi connectivity index (χ2v) is 8.31. The largest absolute Gasteiger partial charge is 0.370 e. The molecule has 0 aromatic heterocycles. The smallest absolute Gasteiger partial charge is 0.193 e. The van der Waals surface area contributed by atoms with Gasteiger partial charge in [-0.3, -0.25) is 0 Å². The normalized spacial score (nSPS) is 37.8. The maximum absolute atomic E-state index is 6.16. The van der Waals surface area contributed by atoms with E-state index in [0.717, 1.165) is 29.4 Å². The molecule has 21 heavy (non-hydrogen) atoms. The Labute approximate surface area is 139 Å². The average Bonchev–Trinajstić information content (AvgIpc) is 2.45. The van der Waals surface area contributed by atoms with E-state index in [1.165, 1.54) is 35.7 Å². The Morgan fingerprint density at radius 3 is 2.14 bits per heavy atom. The van der Waals surface area contributed by atoms with E-state index in [1.807, 2.05) is 0 Å². The molecule has 0 heterocycles. The molecule has 0 atom stereocenters. The van der Waals surface area contributed by atoms with Gasteiger partial charge in [0, 0.05) is 9.26 Å². The number of nitrogens with zero attached hydrogens (tertiary/aromatic N) is 1. The summed E-state index contributed by atoms with van der Waals surface area (Å²) in [6, 6.07) is 8.74. The van der Waals surface area contributed by atoms with Gasteiger partial charge in [0.25, 0.3) is 0 Å². The van der Waals surface area contributed by atoms with Crippen LogP contribution in [0.5, 0.6) is 0 Å². The van der Waals surface area contributed by atoms with Crippen molar-refractivity contribution in [2.75, 3.05) is 5.32 Å². The van der Waals surface area contributed by atoms with E-state index in [0.29, 0.717) is 12.0 Å². The maximum Gasteiger partial charge on any atom is 0.193 e. The van der Waals surface area contributed by atoms with Crippen LogP contribution in [-0.4, -0.2) is 12.0 Å². The highest BCUT2D eigenvalue weighted by Crippen LogP contribution is 2.54. The lowest BCUT2D eigenvalue weighted by molar-refractivity contribution is 0.00124. The zero-order valence-corrected chi connectivity index (χ0v) is 14.3. The molecule has 0 aliphatic heterocycles. The van der Waals surface area contributed by atoms with E-state index in [9.17, 15) is 0 Å². The topological polar surface area (TPSA) is 50.4 Å². The molecule has 4 saturated carbocycles. The second kappa shape index (κ2) is 5.45. The monoisotopic (exact) mass is 395 g/mol. The molecule has 4 aliphatic rings. The van der Waals surface area contributed by atoms with Gasteiger partial charge in [0.05, 0.1) is 6.04 Å². The number of rotatable bonds is 2. The summed E-state index contributed by atoms with van der Waals surface area (Å²) in [6.07, 6.45) is 7.03. The molecule has 0 amide bonds. The van der Waals surface area contributed by atoms with Crippen molar-refractivity contribution in [3.05, 3.63) is 27.8 Å². The first-order chi connectivity index (χ1) is 10.2. The molecule has 3 N–H and O–H groups in total. The molecular formula is C17H22IN3. The summed E-state index contributed by atoms with van der Waals surface area (Å²) in [7, 11) is 0. The SMILES string of the molecule is NC(=NC1C2CC3CC(C2)CC1C3)Nc1ccc(I)cc1. The number of benzene rings is 1. The summed E-state index contributed by atoms with van der Waals surface area (Å²) in [5, 5.41) is 3.25. The molecule has 0 saturated heterocycles. The second-order valence-electron chi connectivity index (χ2n) is 7.07. The molecular weight excluding hydrogens is 373 g/mol. The van der Waals surface area contributed by atoms with E-state index in [2.05, 4.69) is 52.2 Å². The van der Waals surface area contributed by atoms with Gasteiger partial charge < -0.3 is 11.1 Å². The van der Waals surface area contributed by atoms with Crippen LogP contribution in [0.4, 0.5) is 5.69 Å². The van der Waals surface area contributed by atoms with Crippen molar-refractivity contribution in [1.82, 2.24) is 0 Å². The molecule has 4 fully saturated rings. The number of anilines is 1. The predicted octanol–water partition coefficient (Wildman–Crippen LogP) is 3.84. The van der Waals surface area contributed by atoms with Crippen LogP contribution < -0.4 is 11.1 Å². The third-order valence-corrected chi connectivity index (χ3v) is 6.30. The van der Waals surface area contributed by atoms with Gasteiger partial charge in [-0.05, 0) is 103 Å². The molecule has 4 bridgehead atoms. The first-order valence-corrected chi connectivity index (χ1v) is 9.11. The van der Waals surface area contributed by atoms with Crippen molar-refractivity contribution in [2.45, 2.75) is 38.1 Å². The maximum atomic E-state index is 6.16. The van der Waals surface area contributed by atoms with Crippen LogP contribution in [0.15, 0.2) is 29.3 Å². The molecule has 5 rings (SSSR count). The van der Waals surface area contributed by atoms with Crippen molar-refractivity contribution in [3.63, 3.8) is 0 Å². The third kappa shape index (κ3) is 2.79. The van der Waals surface area contributed by atoms with Gasteiger partial charge in [-0.1, -0.05) is 0 Å². The first-order valence-electron chi connectivity index (χ1n) is 8.03. The van der Waals surface area contributed by atoms with Crippen LogP contribution in [0.3, 0.4) is 0 Å². The highest BCUT2D eigenvalue weighted by atomic mass is 127. The molecule has 0 radical (unpaired) electrons. The fourth-order valence-corrected chi connectivity index (χ4v) is 5.34. The minimum Gasteiger partial charge on any atom is -0.370 e. The lowest BCUT2D eigenvalue weighted by Crippen LogP contribution is -2.48. The lowest BCUT2D eigenvalue weighted by Gasteiger charge is -2.53. The zero-order valence-electron chi connectivity index (χ0n) is 12.1. The van der Waals surface area contributed by atoms with Gasteiger partial charge in [-0.15, -0.1) is 0 Å². The quantitative estimate of drug-likeness (QED) is 0.454. The van der Waals surface area contributed by atoms with Crippen LogP contribution in [0.2, 0.25) is 0 Å². The van der Waals surface area contributed by atoms with Crippen LogP contribution >= 0.6 is 22.6 Å². The van der Waals surface area contributed by atoms with E-state index >= 15 is 0 Å². The number of guanidine groups is 1. The van der Waals surface area contributed by atoms with Crippen molar-refractivity contribution < 1.29 is 0 Å². The van der Waals surface area contributed by atoms with E-state index in [-0.39, 0.29) is 0 Å². The highest BCUT2D eigenvalue weighted by molar-refractivity contribution is 14.1. The predicted molar refractivity (Wildman–Crippen MR) is 95.2 cm³/mol. The van der Waals surface area contributed by atoms with E-state index < -0.39 is 0 Å². The first kappa shape index (κ1) is 13.9. The summed E-state index contributed by atoms with van der Waals surface area (Å²) < 4.78 is 1.23. The fourth-order valence-electron chi connectivity index (χ4n) is 4.98. The highest BCUT2D eigenvalue weighted by Gasteiger charge is 2.48. The zero-order chi connectivity index (χ0) is 14.4. The molecule has 1 aromatic carbocycles. The minimum atomic E-state index is 0.467. The van der Waals surface area contributed by atoms with Gasteiger partial charge in [0.15, 0.2) is 5.96 Å². The van der Waals surface area contributed by atoms with Crippen LogP contribution in [0.1, 0.15) is 32.1 Å². The van der Waals surface area contributed by atoms with E-state index in [1.54, 1.807) is 0 Å². The Morgan fingerprint density at radius 2 is 1.57 bits per heavy atom. The summed E-state index contributed by atoms with van der Waals surface area (Å²) in [5.74, 6) is 4.15. The Bertz CT molecular complexity index is 524. The lowest BCUT2D eigenvalue weighted by atomic mass is 9.54. The summed E-state index contributed by atoms with van der Waals surface area (Å²) in [6.45, 7) is 0. The summed E-state index contributed by atoms with van der Waals surface area (Å²) >= 11 is 2.31. The standard InChI is InChI=1S/C17H22IN3/c18-14-1-3-15(4-2-14)20-17(19)21-16-12-6-10-5-11(8-12)9-13(16)7-10/h1-4,10-13,16H,5-9H2,(H3,19,20,21). The molecule has 112 valence electrons. The van der Waals surface area contributed by atoms with Gasteiger partial charge in [0.2, 0.25) is 0 Å². The van der Waals surface area contributed by atoms with Crippen molar-refractivity contribution >= 4 is 34.2 Å². The van der Waals surface area contributed by atoms with Crippen LogP contribution in [0.25, 0.3) is 0 Å². The number of aliphatic imine (C=N–C) groups is 1. The Kier molecular flexibility index (Phi) is 3.59. The van der Waals surface area contributed by atoms with Crippen LogP contribution in [0, 0.1) is 27.2 Å². The number of nitrogens with one attached hydrogen (secondary N) is 1. The van der Waals surface area contributed by atoms with Gasteiger partial charge >= 0.3 is 0 Å². The molecule has 3 nitrogen and oxygen atoms in total. The average molecular weight is 395 g/mol. The molecule has 4 aliphatic carbocycles. The Hall–Kier alpha value is -0.780. The number of hydrogen-bond acceptors (Lipinski definition) is 1. The number of halogens is 1. The summed E-state index contributed by atoms with van der Waals surface area (Å²) in [4.78, 5) is 4.87. The van der Waals surface area contributed by atoms with Crippen molar-refractivity contribution in [1.29, 1.82) is 0 Å². The summed E-state index contributed by atoms with van der Waals surface area (Å²) in [5.41, 5.74) is 7.19. The minimum absolute atomic E-state index is 0.467. The third-order valence-electron chi connectivity index (χ3n) is 5.58. The van der Waals surface area contributed by atoms with Gasteiger partial charge in [-0.25, -0.2) is 4.99 Å². The Balaban J connectivity index is 1.47. The van der Waals surface area contributed by atoms with Gasteiger partial charge in [-0.2, -0.15) is 0 Å². The number of hydrogen-bond donors (Lipinski definition) is 2. The fraction of sp³-hybridized carbons (Fsp3) is 0.588. The number of nitrogens with two attached hydrogens (primary N) is 1. The molecule has 1 aromatic rings.